The molecule has 5 heteroatoms. The van der Waals surface area contributed by atoms with E-state index in [1.54, 1.807) is 0 Å². The van der Waals surface area contributed by atoms with Gasteiger partial charge in [-0.15, -0.1) is 0 Å². The highest BCUT2D eigenvalue weighted by molar-refractivity contribution is 5.94. The van der Waals surface area contributed by atoms with Crippen molar-refractivity contribution in [3.63, 3.8) is 0 Å². The van der Waals surface area contributed by atoms with Crippen molar-refractivity contribution >= 4 is 11.7 Å². The number of nitrogens with zero attached hydrogens (tertiary/aromatic N) is 1. The van der Waals surface area contributed by atoms with E-state index >= 15 is 0 Å². The lowest BCUT2D eigenvalue weighted by atomic mass is 9.90. The third-order valence-corrected chi connectivity index (χ3v) is 3.34. The van der Waals surface area contributed by atoms with Crippen LogP contribution >= 0.6 is 0 Å². The summed E-state index contributed by atoms with van der Waals surface area (Å²) in [4.78, 5) is 12.0. The van der Waals surface area contributed by atoms with Crippen LogP contribution in [0.5, 0.6) is 0 Å². The zero-order valence-corrected chi connectivity index (χ0v) is 11.3. The first kappa shape index (κ1) is 15.7. The average molecular weight is 243 g/mol. The zero-order chi connectivity index (χ0) is 13.5. The first-order chi connectivity index (χ1) is 7.97. The van der Waals surface area contributed by atoms with Crippen LogP contribution in [-0.2, 0) is 4.79 Å². The maximum atomic E-state index is 12.0. The molecule has 0 aromatic carbocycles. The smallest absolute Gasteiger partial charge is 0.223 e. The molecule has 0 saturated heterocycles. The highest BCUT2D eigenvalue weighted by Gasteiger charge is 2.34. The van der Waals surface area contributed by atoms with Crippen molar-refractivity contribution < 1.29 is 10.0 Å². The molecule has 0 aliphatic rings. The number of oxime groups is 1. The molecule has 0 rings (SSSR count). The van der Waals surface area contributed by atoms with Gasteiger partial charge in [-0.1, -0.05) is 39.3 Å². The predicted molar refractivity (Wildman–Crippen MR) is 68.9 cm³/mol. The highest BCUT2D eigenvalue weighted by atomic mass is 16.4. The average Bonchev–Trinajstić information content (AvgIpc) is 2.35. The summed E-state index contributed by atoms with van der Waals surface area (Å²) in [7, 11) is 0. The molecule has 1 atom stereocenters. The van der Waals surface area contributed by atoms with E-state index in [1.165, 1.54) is 0 Å². The molecule has 0 heterocycles. The van der Waals surface area contributed by atoms with Crippen LogP contribution in [0.3, 0.4) is 0 Å². The number of rotatable bonds is 7. The Bertz CT molecular complexity index is 273. The predicted octanol–water partition coefficient (Wildman–Crippen LogP) is 1.84. The molecule has 0 fully saturated rings. The Labute approximate surface area is 103 Å². The van der Waals surface area contributed by atoms with Gasteiger partial charge < -0.3 is 16.3 Å². The number of nitrogens with two attached hydrogens (primary N) is 1. The van der Waals surface area contributed by atoms with Crippen LogP contribution in [0.2, 0.25) is 0 Å². The number of carbonyl (C=O) groups is 1. The largest absolute Gasteiger partial charge is 0.409 e. The van der Waals surface area contributed by atoms with E-state index in [2.05, 4.69) is 10.5 Å². The quantitative estimate of drug-likeness (QED) is 0.276. The molecule has 0 aromatic rings. The lowest BCUT2D eigenvalue weighted by Crippen LogP contribution is -2.57. The summed E-state index contributed by atoms with van der Waals surface area (Å²) in [5.41, 5.74) is 4.95. The van der Waals surface area contributed by atoms with Gasteiger partial charge in [0.2, 0.25) is 5.91 Å². The molecule has 100 valence electrons. The van der Waals surface area contributed by atoms with E-state index in [0.717, 1.165) is 12.8 Å². The number of hydrogen-bond donors (Lipinski definition) is 3. The Morgan fingerprint density at radius 1 is 1.41 bits per heavy atom. The minimum atomic E-state index is -0.728. The normalized spacial score (nSPS) is 14.5. The third-order valence-electron chi connectivity index (χ3n) is 3.34. The Balaban J connectivity index is 4.83. The Hall–Kier alpha value is -1.26. The van der Waals surface area contributed by atoms with Crippen molar-refractivity contribution in [3.05, 3.63) is 0 Å². The van der Waals surface area contributed by atoms with Gasteiger partial charge >= 0.3 is 0 Å². The van der Waals surface area contributed by atoms with Crippen molar-refractivity contribution in [3.8, 4) is 0 Å². The summed E-state index contributed by atoms with van der Waals surface area (Å²) in [6.07, 6.45) is 3.00. The number of hydrogen-bond acceptors (Lipinski definition) is 3. The second-order valence-corrected chi connectivity index (χ2v) is 4.45. The summed E-state index contributed by atoms with van der Waals surface area (Å²) in [5, 5.41) is 14.8. The van der Waals surface area contributed by atoms with Crippen molar-refractivity contribution in [2.24, 2.45) is 16.8 Å². The molecule has 17 heavy (non-hydrogen) atoms. The molecule has 4 N–H and O–H groups in total. The third kappa shape index (κ3) is 3.91. The van der Waals surface area contributed by atoms with E-state index in [-0.39, 0.29) is 17.7 Å². The summed E-state index contributed by atoms with van der Waals surface area (Å²) >= 11 is 0. The van der Waals surface area contributed by atoms with Gasteiger partial charge in [-0.3, -0.25) is 4.79 Å². The van der Waals surface area contributed by atoms with Gasteiger partial charge in [0.25, 0.3) is 0 Å². The van der Waals surface area contributed by atoms with Gasteiger partial charge in [-0.05, 0) is 19.3 Å². The molecule has 0 spiro atoms. The van der Waals surface area contributed by atoms with Gasteiger partial charge in [-0.2, -0.15) is 0 Å². The highest BCUT2D eigenvalue weighted by Crippen LogP contribution is 2.17. The molecule has 0 radical (unpaired) electrons. The Kier molecular flexibility index (Phi) is 6.61. The maximum absolute atomic E-state index is 12.0. The fourth-order valence-corrected chi connectivity index (χ4v) is 1.87. The van der Waals surface area contributed by atoms with Crippen molar-refractivity contribution in [1.29, 1.82) is 0 Å². The van der Waals surface area contributed by atoms with Crippen LogP contribution in [0.15, 0.2) is 5.16 Å². The lowest BCUT2D eigenvalue weighted by Gasteiger charge is -2.32. The van der Waals surface area contributed by atoms with E-state index in [1.807, 2.05) is 27.7 Å². The summed E-state index contributed by atoms with van der Waals surface area (Å²) < 4.78 is 0. The Morgan fingerprint density at radius 2 is 1.94 bits per heavy atom. The van der Waals surface area contributed by atoms with Crippen LogP contribution in [-0.4, -0.2) is 22.5 Å². The first-order valence-corrected chi connectivity index (χ1v) is 6.27. The first-order valence-electron chi connectivity index (χ1n) is 6.27. The van der Waals surface area contributed by atoms with E-state index in [0.29, 0.717) is 12.8 Å². The minimum Gasteiger partial charge on any atom is -0.409 e. The van der Waals surface area contributed by atoms with E-state index < -0.39 is 5.54 Å². The van der Waals surface area contributed by atoms with Crippen LogP contribution in [0.25, 0.3) is 0 Å². The number of amidine groups is 1. The molecule has 1 amide bonds. The van der Waals surface area contributed by atoms with Gasteiger partial charge in [-0.25, -0.2) is 0 Å². The topological polar surface area (TPSA) is 87.7 Å². The fourth-order valence-electron chi connectivity index (χ4n) is 1.87. The fraction of sp³-hybridized carbons (Fsp3) is 0.833. The van der Waals surface area contributed by atoms with Crippen LogP contribution < -0.4 is 11.1 Å². The SMILES string of the molecule is CCCC(C)C(=O)NC(CC)(CC)/C(N)=N/O. The summed E-state index contributed by atoms with van der Waals surface area (Å²) in [5.74, 6) is -0.0225. The van der Waals surface area contributed by atoms with Crippen LogP contribution in [0, 0.1) is 5.92 Å². The van der Waals surface area contributed by atoms with E-state index in [4.69, 9.17) is 10.9 Å². The molecule has 5 nitrogen and oxygen atoms in total. The van der Waals surface area contributed by atoms with Crippen molar-refractivity contribution in [2.75, 3.05) is 0 Å². The second kappa shape index (κ2) is 7.14. The van der Waals surface area contributed by atoms with Crippen molar-refractivity contribution in [1.82, 2.24) is 5.32 Å². The van der Waals surface area contributed by atoms with Crippen molar-refractivity contribution in [2.45, 2.75) is 58.9 Å². The Morgan fingerprint density at radius 3 is 2.29 bits per heavy atom. The molecular formula is C12H25N3O2. The van der Waals surface area contributed by atoms with Gasteiger partial charge in [0, 0.05) is 5.92 Å². The minimum absolute atomic E-state index is 0.0397. The van der Waals surface area contributed by atoms with Crippen LogP contribution in [0.1, 0.15) is 53.4 Å². The number of carbonyl (C=O) groups excluding carboxylic acids is 1. The molecule has 0 aliphatic heterocycles. The number of nitrogens with one attached hydrogen (secondary N) is 1. The monoisotopic (exact) mass is 243 g/mol. The van der Waals surface area contributed by atoms with Gasteiger partial charge in [0.05, 0.1) is 0 Å². The molecule has 0 bridgehead atoms. The lowest BCUT2D eigenvalue weighted by molar-refractivity contribution is -0.126. The zero-order valence-electron chi connectivity index (χ0n) is 11.3. The molecule has 0 aromatic heterocycles. The van der Waals surface area contributed by atoms with E-state index in [9.17, 15) is 4.79 Å². The molecular weight excluding hydrogens is 218 g/mol. The second-order valence-electron chi connectivity index (χ2n) is 4.45. The van der Waals surface area contributed by atoms with Gasteiger partial charge in [0.15, 0.2) is 5.84 Å². The standard InChI is InChI=1S/C12H25N3O2/c1-5-8-9(4)10(16)14-12(6-2,7-3)11(13)15-17/h9,17H,5-8H2,1-4H3,(H2,13,15)(H,14,16). The number of amides is 1. The molecule has 1 unspecified atom stereocenters. The summed E-state index contributed by atoms with van der Waals surface area (Å²) in [6, 6.07) is 0. The van der Waals surface area contributed by atoms with Gasteiger partial charge in [0.1, 0.15) is 5.54 Å². The molecule has 0 aliphatic carbocycles. The maximum Gasteiger partial charge on any atom is 0.223 e. The summed E-state index contributed by atoms with van der Waals surface area (Å²) in [6.45, 7) is 7.75. The molecule has 0 saturated carbocycles. The van der Waals surface area contributed by atoms with Crippen LogP contribution in [0.4, 0.5) is 0 Å².